The summed E-state index contributed by atoms with van der Waals surface area (Å²) in [6.45, 7) is 0. The van der Waals surface area contributed by atoms with E-state index in [9.17, 15) is 24.4 Å². The first-order valence-electron chi connectivity index (χ1n) is 3.88. The molecule has 0 spiro atoms. The second kappa shape index (κ2) is 4.54. The van der Waals surface area contributed by atoms with Crippen molar-refractivity contribution in [3.63, 3.8) is 0 Å². The highest BCUT2D eigenvalue weighted by molar-refractivity contribution is 9.10. The van der Waals surface area contributed by atoms with E-state index in [1.54, 1.807) is 0 Å². The average Bonchev–Trinajstić information content (AvgIpc) is 2.16. The third-order valence-corrected chi connectivity index (χ3v) is 2.48. The Labute approximate surface area is 96.6 Å². The van der Waals surface area contributed by atoms with Crippen molar-refractivity contribution in [1.82, 2.24) is 0 Å². The molecule has 0 fully saturated rings. The van der Waals surface area contributed by atoms with Crippen LogP contribution < -0.4 is 0 Å². The molecule has 0 aliphatic rings. The second-order valence-corrected chi connectivity index (χ2v) is 3.68. The van der Waals surface area contributed by atoms with Gasteiger partial charge in [-0.25, -0.2) is 4.79 Å². The molecule has 0 saturated carbocycles. The Bertz CT molecular complexity index is 464. The average molecular weight is 294 g/mol. The van der Waals surface area contributed by atoms with Gasteiger partial charge in [0.1, 0.15) is 0 Å². The number of aliphatic hydroxyl groups excluding tert-OH is 1. The number of hydrogen-bond acceptors (Lipinski definition) is 4. The van der Waals surface area contributed by atoms with Crippen LogP contribution in [0.4, 0.5) is 10.1 Å². The molecular formula is C8H5BrFNO5. The fourth-order valence-corrected chi connectivity index (χ4v) is 1.57. The van der Waals surface area contributed by atoms with Crippen molar-refractivity contribution in [2.24, 2.45) is 0 Å². The van der Waals surface area contributed by atoms with E-state index in [2.05, 4.69) is 15.9 Å². The lowest BCUT2D eigenvalue weighted by Gasteiger charge is -2.08. The molecule has 0 saturated heterocycles. The lowest BCUT2D eigenvalue weighted by molar-refractivity contribution is -0.387. The minimum atomic E-state index is -1.95. The molecule has 0 heterocycles. The molecule has 0 aliphatic heterocycles. The summed E-state index contributed by atoms with van der Waals surface area (Å²) in [7, 11) is 0. The smallest absolute Gasteiger partial charge is 0.337 e. The van der Waals surface area contributed by atoms with Crippen LogP contribution in [0.15, 0.2) is 16.6 Å². The maximum Gasteiger partial charge on any atom is 0.337 e. The summed E-state index contributed by atoms with van der Waals surface area (Å²) in [6, 6.07) is 1.41. The van der Waals surface area contributed by atoms with Gasteiger partial charge in [0.2, 0.25) is 5.82 Å². The normalized spacial score (nSPS) is 12.2. The Morgan fingerprint density at radius 1 is 1.56 bits per heavy atom. The van der Waals surface area contributed by atoms with Crippen LogP contribution in [-0.2, 0) is 4.79 Å². The Balaban J connectivity index is 3.35. The summed E-state index contributed by atoms with van der Waals surface area (Å²) >= 11 is 2.81. The predicted molar refractivity (Wildman–Crippen MR) is 53.4 cm³/mol. The molecule has 0 amide bonds. The maximum absolute atomic E-state index is 13.0. The Hall–Kier alpha value is -1.54. The molecule has 0 radical (unpaired) electrons. The molecular weight excluding hydrogens is 289 g/mol. The number of aliphatic hydroxyl groups is 1. The molecule has 0 bridgehead atoms. The predicted octanol–water partition coefficient (Wildman–Crippen LogP) is 1.61. The minimum Gasteiger partial charge on any atom is -0.479 e. The zero-order valence-electron chi connectivity index (χ0n) is 7.55. The van der Waals surface area contributed by atoms with Crippen LogP contribution in [0.1, 0.15) is 11.7 Å². The van der Waals surface area contributed by atoms with Gasteiger partial charge < -0.3 is 10.2 Å². The van der Waals surface area contributed by atoms with Gasteiger partial charge in [0, 0.05) is 16.1 Å². The topological polar surface area (TPSA) is 101 Å². The molecule has 1 aromatic carbocycles. The standard InChI is InChI=1S/C8H5BrFNO5/c9-4-2-5(10)6(11(15)16)1-3(4)7(12)8(13)14/h1-2,7,12H,(H,13,14). The monoisotopic (exact) mass is 293 g/mol. The number of halogens is 2. The highest BCUT2D eigenvalue weighted by Gasteiger charge is 2.24. The lowest BCUT2D eigenvalue weighted by Crippen LogP contribution is -2.11. The molecule has 8 heteroatoms. The molecule has 6 nitrogen and oxygen atoms in total. The number of carboxylic acids is 1. The molecule has 2 N–H and O–H groups in total. The van der Waals surface area contributed by atoms with Crippen LogP contribution in [-0.4, -0.2) is 21.1 Å². The van der Waals surface area contributed by atoms with Gasteiger partial charge in [0.15, 0.2) is 6.10 Å². The third kappa shape index (κ3) is 2.34. The van der Waals surface area contributed by atoms with Crippen LogP contribution in [0.2, 0.25) is 0 Å². The number of benzene rings is 1. The molecule has 86 valence electrons. The van der Waals surface area contributed by atoms with Crippen molar-refractivity contribution < 1.29 is 24.3 Å². The fraction of sp³-hybridized carbons (Fsp3) is 0.125. The van der Waals surface area contributed by atoms with Crippen LogP contribution in [0.5, 0.6) is 0 Å². The number of nitro groups is 1. The van der Waals surface area contributed by atoms with E-state index in [1.807, 2.05) is 0 Å². The van der Waals surface area contributed by atoms with Crippen molar-refractivity contribution in [2.45, 2.75) is 6.10 Å². The molecule has 1 atom stereocenters. The Morgan fingerprint density at radius 3 is 2.56 bits per heavy atom. The van der Waals surface area contributed by atoms with Crippen LogP contribution in [0.3, 0.4) is 0 Å². The lowest BCUT2D eigenvalue weighted by atomic mass is 10.1. The first-order valence-corrected chi connectivity index (χ1v) is 4.68. The van der Waals surface area contributed by atoms with Crippen molar-refractivity contribution in [1.29, 1.82) is 0 Å². The van der Waals surface area contributed by atoms with Crippen molar-refractivity contribution >= 4 is 27.6 Å². The van der Waals surface area contributed by atoms with E-state index in [1.165, 1.54) is 0 Å². The molecule has 1 rings (SSSR count). The number of aliphatic carboxylic acids is 1. The quantitative estimate of drug-likeness (QED) is 0.651. The minimum absolute atomic E-state index is 0.0505. The van der Waals surface area contributed by atoms with Crippen LogP contribution in [0.25, 0.3) is 0 Å². The number of rotatable bonds is 3. The largest absolute Gasteiger partial charge is 0.479 e. The zero-order valence-corrected chi connectivity index (χ0v) is 9.14. The van der Waals surface area contributed by atoms with Gasteiger partial charge in [-0.1, -0.05) is 15.9 Å². The summed E-state index contributed by atoms with van der Waals surface area (Å²) in [6.07, 6.45) is -1.95. The maximum atomic E-state index is 13.0. The SMILES string of the molecule is O=C(O)C(O)c1cc([N+](=O)[O-])c(F)cc1Br. The number of nitrogens with zero attached hydrogens (tertiary/aromatic N) is 1. The van der Waals surface area contributed by atoms with E-state index in [0.29, 0.717) is 6.07 Å². The van der Waals surface area contributed by atoms with Gasteiger partial charge >= 0.3 is 11.7 Å². The van der Waals surface area contributed by atoms with E-state index >= 15 is 0 Å². The van der Waals surface area contributed by atoms with Gasteiger partial charge in [-0.05, 0) is 6.07 Å². The molecule has 0 aromatic heterocycles. The summed E-state index contributed by atoms with van der Waals surface area (Å²) < 4.78 is 13.0. The summed E-state index contributed by atoms with van der Waals surface area (Å²) in [5.41, 5.74) is -1.17. The summed E-state index contributed by atoms with van der Waals surface area (Å²) in [5, 5.41) is 28.1. The zero-order chi connectivity index (χ0) is 12.5. The highest BCUT2D eigenvalue weighted by Crippen LogP contribution is 2.30. The molecule has 0 aliphatic carbocycles. The van der Waals surface area contributed by atoms with Gasteiger partial charge in [-0.15, -0.1) is 0 Å². The number of carboxylic acid groups (broad SMARTS) is 1. The summed E-state index contributed by atoms with van der Waals surface area (Å²) in [5.74, 6) is -2.69. The molecule has 1 aromatic rings. The number of hydrogen-bond donors (Lipinski definition) is 2. The highest BCUT2D eigenvalue weighted by atomic mass is 79.9. The van der Waals surface area contributed by atoms with Crippen molar-refractivity contribution in [3.8, 4) is 0 Å². The van der Waals surface area contributed by atoms with E-state index in [4.69, 9.17) is 5.11 Å². The van der Waals surface area contributed by atoms with Gasteiger partial charge in [-0.2, -0.15) is 4.39 Å². The van der Waals surface area contributed by atoms with Gasteiger partial charge in [-0.3, -0.25) is 10.1 Å². The number of carbonyl (C=O) groups is 1. The van der Waals surface area contributed by atoms with E-state index < -0.39 is 28.5 Å². The van der Waals surface area contributed by atoms with Crippen molar-refractivity contribution in [3.05, 3.63) is 38.1 Å². The Morgan fingerprint density at radius 2 is 2.12 bits per heavy atom. The first kappa shape index (κ1) is 12.5. The summed E-state index contributed by atoms with van der Waals surface area (Å²) in [4.78, 5) is 19.9. The van der Waals surface area contributed by atoms with E-state index in [-0.39, 0.29) is 10.0 Å². The van der Waals surface area contributed by atoms with Crippen LogP contribution in [0, 0.1) is 15.9 Å². The Kier molecular flexibility index (Phi) is 3.55. The van der Waals surface area contributed by atoms with Gasteiger partial charge in [0.05, 0.1) is 4.92 Å². The van der Waals surface area contributed by atoms with E-state index in [0.717, 1.165) is 6.07 Å². The molecule has 1 unspecified atom stereocenters. The third-order valence-electron chi connectivity index (χ3n) is 1.79. The first-order chi connectivity index (χ1) is 7.34. The molecule has 16 heavy (non-hydrogen) atoms. The fourth-order valence-electron chi connectivity index (χ4n) is 1.04. The van der Waals surface area contributed by atoms with Crippen LogP contribution >= 0.6 is 15.9 Å². The van der Waals surface area contributed by atoms with Crippen molar-refractivity contribution in [2.75, 3.05) is 0 Å². The second-order valence-electron chi connectivity index (χ2n) is 2.82. The van der Waals surface area contributed by atoms with Gasteiger partial charge in [0.25, 0.3) is 0 Å². The number of nitro benzene ring substituents is 1.